The van der Waals surface area contributed by atoms with Gasteiger partial charge in [-0.05, 0) is 12.1 Å². The summed E-state index contributed by atoms with van der Waals surface area (Å²) in [6.07, 6.45) is 2.89. The van der Waals surface area contributed by atoms with Crippen LogP contribution >= 0.6 is 0 Å². The molecule has 1 heterocycles. The molecule has 0 radical (unpaired) electrons. The first kappa shape index (κ1) is 16.3. The second kappa shape index (κ2) is 6.81. The highest BCUT2D eigenvalue weighted by molar-refractivity contribution is 6.10. The fraction of sp³-hybridized carbons (Fsp3) is 0.143. The van der Waals surface area contributed by atoms with Crippen LogP contribution in [0.5, 0.6) is 0 Å². The predicted molar refractivity (Wildman–Crippen MR) is 76.6 cm³/mol. The van der Waals surface area contributed by atoms with Crippen LogP contribution in [0, 0.1) is 0 Å². The number of carbonyl (C=O) groups excluding carboxylic acids is 2. The molecule has 1 aromatic carbocycles. The lowest BCUT2D eigenvalue weighted by molar-refractivity contribution is -0.155. The van der Waals surface area contributed by atoms with E-state index in [2.05, 4.69) is 9.97 Å². The number of aromatic nitrogens is 2. The molecule has 0 bridgehead atoms. The van der Waals surface area contributed by atoms with Crippen molar-refractivity contribution in [2.75, 3.05) is 0 Å². The highest BCUT2D eigenvalue weighted by Crippen LogP contribution is 2.12. The van der Waals surface area contributed by atoms with Gasteiger partial charge in [-0.3, -0.25) is 14.8 Å². The maximum absolute atomic E-state index is 12.1. The number of rotatable bonds is 5. The van der Waals surface area contributed by atoms with E-state index in [1.807, 2.05) is 0 Å². The molecule has 9 heteroatoms. The van der Waals surface area contributed by atoms with Crippen molar-refractivity contribution in [1.82, 2.24) is 15.0 Å². The van der Waals surface area contributed by atoms with Gasteiger partial charge >= 0.3 is 5.97 Å². The monoisotopic (exact) mass is 318 g/mol. The van der Waals surface area contributed by atoms with Gasteiger partial charge < -0.3 is 15.8 Å². The normalized spacial score (nSPS) is 11.7. The van der Waals surface area contributed by atoms with E-state index in [1.165, 1.54) is 36.8 Å². The van der Waals surface area contributed by atoms with Crippen molar-refractivity contribution in [3.05, 3.63) is 53.6 Å². The molecule has 1 atom stereocenters. The third-order valence-electron chi connectivity index (χ3n) is 3.10. The Morgan fingerprint density at radius 3 is 2.48 bits per heavy atom. The molecule has 0 aliphatic heterocycles. The first-order valence-corrected chi connectivity index (χ1v) is 6.54. The van der Waals surface area contributed by atoms with Gasteiger partial charge in [-0.15, -0.1) is 0 Å². The zero-order valence-electron chi connectivity index (χ0n) is 11.8. The number of hydrogen-bond acceptors (Lipinski definition) is 6. The van der Waals surface area contributed by atoms with Crippen LogP contribution in [-0.4, -0.2) is 49.2 Å². The van der Waals surface area contributed by atoms with E-state index in [4.69, 9.17) is 10.8 Å². The van der Waals surface area contributed by atoms with Crippen molar-refractivity contribution in [2.45, 2.75) is 12.5 Å². The van der Waals surface area contributed by atoms with Crippen LogP contribution in [0.3, 0.4) is 0 Å². The third kappa shape index (κ3) is 3.59. The Labute approximate surface area is 130 Å². The summed E-state index contributed by atoms with van der Waals surface area (Å²) in [4.78, 5) is 41.7. The SMILES string of the molecule is N[C@H](Cc1cnc[nH]1)C(=O)N(O)C(=O)c1ccccc1C(=O)O. The van der Waals surface area contributed by atoms with Crippen LogP contribution in [-0.2, 0) is 11.2 Å². The highest BCUT2D eigenvalue weighted by atomic mass is 16.5. The summed E-state index contributed by atoms with van der Waals surface area (Å²) in [6.45, 7) is 0. The molecule has 23 heavy (non-hydrogen) atoms. The summed E-state index contributed by atoms with van der Waals surface area (Å²) in [6, 6.07) is 4.04. The van der Waals surface area contributed by atoms with E-state index < -0.39 is 23.8 Å². The number of nitrogens with zero attached hydrogens (tertiary/aromatic N) is 2. The van der Waals surface area contributed by atoms with E-state index in [1.54, 1.807) is 0 Å². The molecule has 0 spiro atoms. The number of aromatic amines is 1. The van der Waals surface area contributed by atoms with Gasteiger partial charge in [0.2, 0.25) is 0 Å². The Hall–Kier alpha value is -3.04. The van der Waals surface area contributed by atoms with Crippen molar-refractivity contribution < 1.29 is 24.7 Å². The van der Waals surface area contributed by atoms with Gasteiger partial charge in [0, 0.05) is 18.3 Å². The molecule has 0 fully saturated rings. The number of hydrogen-bond donors (Lipinski definition) is 4. The number of carboxylic acid groups (broad SMARTS) is 1. The zero-order chi connectivity index (χ0) is 17.0. The Balaban J connectivity index is 2.16. The minimum absolute atomic E-state index is 0.0315. The Kier molecular flexibility index (Phi) is 4.84. The molecule has 120 valence electrons. The van der Waals surface area contributed by atoms with Gasteiger partial charge in [0.25, 0.3) is 11.8 Å². The summed E-state index contributed by atoms with van der Waals surface area (Å²) in [7, 11) is 0. The molecule has 0 saturated heterocycles. The van der Waals surface area contributed by atoms with E-state index in [0.29, 0.717) is 5.69 Å². The molecule has 2 aromatic rings. The standard InChI is InChI=1S/C14H14N4O5/c15-11(5-8-6-16-7-17-8)13(20)18(23)12(19)9-3-1-2-4-10(9)14(21)22/h1-4,6-7,11,23H,5,15H2,(H,16,17)(H,21,22)/t11-/m1/s1. The Morgan fingerprint density at radius 2 is 1.91 bits per heavy atom. The second-order valence-electron chi connectivity index (χ2n) is 4.69. The van der Waals surface area contributed by atoms with Crippen LogP contribution in [0.4, 0.5) is 0 Å². The molecule has 0 unspecified atom stereocenters. The first-order chi connectivity index (χ1) is 10.9. The first-order valence-electron chi connectivity index (χ1n) is 6.54. The van der Waals surface area contributed by atoms with Gasteiger partial charge in [0.05, 0.1) is 23.5 Å². The lowest BCUT2D eigenvalue weighted by Crippen LogP contribution is -2.46. The van der Waals surface area contributed by atoms with Gasteiger partial charge in [-0.25, -0.2) is 9.78 Å². The number of H-pyrrole nitrogens is 1. The number of benzene rings is 1. The van der Waals surface area contributed by atoms with Crippen molar-refractivity contribution in [3.63, 3.8) is 0 Å². The van der Waals surface area contributed by atoms with Gasteiger partial charge in [0.1, 0.15) is 0 Å². The molecule has 0 aliphatic carbocycles. The van der Waals surface area contributed by atoms with E-state index in [9.17, 15) is 19.6 Å². The third-order valence-corrected chi connectivity index (χ3v) is 3.10. The number of carbonyl (C=O) groups is 3. The Bertz CT molecular complexity index is 729. The minimum Gasteiger partial charge on any atom is -0.478 e. The fourth-order valence-electron chi connectivity index (χ4n) is 1.95. The van der Waals surface area contributed by atoms with Crippen molar-refractivity contribution in [1.29, 1.82) is 0 Å². The number of imide groups is 1. The molecular formula is C14H14N4O5. The lowest BCUT2D eigenvalue weighted by atomic mass is 10.1. The fourth-order valence-corrected chi connectivity index (χ4v) is 1.95. The molecule has 1 aromatic heterocycles. The number of nitrogens with one attached hydrogen (secondary N) is 1. The number of nitrogens with two attached hydrogens (primary N) is 1. The average molecular weight is 318 g/mol. The van der Waals surface area contributed by atoms with Gasteiger partial charge in [0.15, 0.2) is 0 Å². The minimum atomic E-state index is -1.35. The number of carboxylic acids is 1. The summed E-state index contributed by atoms with van der Waals surface area (Å²) < 4.78 is 0. The summed E-state index contributed by atoms with van der Waals surface area (Å²) in [5.74, 6) is -3.56. The topological polar surface area (TPSA) is 150 Å². The molecule has 2 amide bonds. The lowest BCUT2D eigenvalue weighted by Gasteiger charge is -2.18. The molecule has 0 saturated carbocycles. The quantitative estimate of drug-likeness (QED) is 0.449. The molecule has 9 nitrogen and oxygen atoms in total. The van der Waals surface area contributed by atoms with Crippen molar-refractivity contribution >= 4 is 17.8 Å². The zero-order valence-corrected chi connectivity index (χ0v) is 11.8. The summed E-state index contributed by atoms with van der Waals surface area (Å²) in [5.41, 5.74) is 5.57. The van der Waals surface area contributed by atoms with Crippen LogP contribution in [0.15, 0.2) is 36.8 Å². The van der Waals surface area contributed by atoms with E-state index in [0.717, 1.165) is 0 Å². The molecule has 2 rings (SSSR count). The van der Waals surface area contributed by atoms with Crippen LogP contribution in [0.25, 0.3) is 0 Å². The maximum atomic E-state index is 12.1. The highest BCUT2D eigenvalue weighted by Gasteiger charge is 2.29. The number of aromatic carboxylic acids is 1. The largest absolute Gasteiger partial charge is 0.478 e. The van der Waals surface area contributed by atoms with E-state index in [-0.39, 0.29) is 22.6 Å². The second-order valence-corrected chi connectivity index (χ2v) is 4.69. The summed E-state index contributed by atoms with van der Waals surface area (Å²) in [5, 5.41) is 18.7. The number of hydroxylamine groups is 2. The predicted octanol–water partition coefficient (Wildman–Crippen LogP) is 0.0359. The average Bonchev–Trinajstić information content (AvgIpc) is 3.05. The van der Waals surface area contributed by atoms with Crippen LogP contribution in [0.1, 0.15) is 26.4 Å². The van der Waals surface area contributed by atoms with Crippen LogP contribution < -0.4 is 5.73 Å². The van der Waals surface area contributed by atoms with E-state index >= 15 is 0 Å². The molecule has 5 N–H and O–H groups in total. The number of imidazole rings is 1. The molecular weight excluding hydrogens is 304 g/mol. The maximum Gasteiger partial charge on any atom is 0.336 e. The smallest absolute Gasteiger partial charge is 0.336 e. The Morgan fingerprint density at radius 1 is 1.26 bits per heavy atom. The molecule has 0 aliphatic rings. The van der Waals surface area contributed by atoms with Gasteiger partial charge in [-0.2, -0.15) is 5.06 Å². The summed E-state index contributed by atoms with van der Waals surface area (Å²) >= 11 is 0. The van der Waals surface area contributed by atoms with Crippen molar-refractivity contribution in [2.24, 2.45) is 5.73 Å². The van der Waals surface area contributed by atoms with Crippen LogP contribution in [0.2, 0.25) is 0 Å². The number of amides is 2. The van der Waals surface area contributed by atoms with Crippen molar-refractivity contribution in [3.8, 4) is 0 Å². The van der Waals surface area contributed by atoms with Gasteiger partial charge in [-0.1, -0.05) is 12.1 Å².